The van der Waals surface area contributed by atoms with Crippen molar-refractivity contribution in [3.8, 4) is 0 Å². The van der Waals surface area contributed by atoms with Gasteiger partial charge in [-0.15, -0.1) is 0 Å². The lowest BCUT2D eigenvalue weighted by molar-refractivity contribution is -0.161. The highest BCUT2D eigenvalue weighted by molar-refractivity contribution is 5.90. The van der Waals surface area contributed by atoms with Crippen molar-refractivity contribution >= 4 is 11.8 Å². The Morgan fingerprint density at radius 3 is 2.61 bits per heavy atom. The lowest BCUT2D eigenvalue weighted by Gasteiger charge is -2.48. The molecule has 4 N–H and O–H groups in total. The van der Waals surface area contributed by atoms with E-state index >= 15 is 0 Å². The molecule has 1 aliphatic carbocycles. The molecule has 102 valence electrons. The van der Waals surface area contributed by atoms with Crippen LogP contribution < -0.4 is 11.5 Å². The standard InChI is InChI=1S/C12H21N3O3/c1-8-4-12(5-8,7-13)11(17)15-2-3-18-6-9(15)10(14)16/h8-9H,2-7,13H2,1H3,(H2,14,16). The Morgan fingerprint density at radius 1 is 1.44 bits per heavy atom. The van der Waals surface area contributed by atoms with E-state index in [2.05, 4.69) is 6.92 Å². The summed E-state index contributed by atoms with van der Waals surface area (Å²) in [6.45, 7) is 3.50. The molecule has 0 aromatic carbocycles. The number of ether oxygens (including phenoxy) is 1. The predicted molar refractivity (Wildman–Crippen MR) is 65.4 cm³/mol. The Morgan fingerprint density at radius 2 is 2.11 bits per heavy atom. The van der Waals surface area contributed by atoms with Crippen molar-refractivity contribution in [3.05, 3.63) is 0 Å². The van der Waals surface area contributed by atoms with E-state index in [0.29, 0.717) is 25.6 Å². The molecule has 2 aliphatic rings. The summed E-state index contributed by atoms with van der Waals surface area (Å²) in [5.41, 5.74) is 10.6. The van der Waals surface area contributed by atoms with Gasteiger partial charge in [0.1, 0.15) is 6.04 Å². The van der Waals surface area contributed by atoms with Crippen LogP contribution in [-0.4, -0.2) is 49.1 Å². The Labute approximate surface area is 107 Å². The summed E-state index contributed by atoms with van der Waals surface area (Å²) in [7, 11) is 0. The SMILES string of the molecule is CC1CC(CN)(C(=O)N2CCOCC2C(N)=O)C1. The largest absolute Gasteiger partial charge is 0.377 e. The van der Waals surface area contributed by atoms with Crippen LogP contribution in [-0.2, 0) is 14.3 Å². The van der Waals surface area contributed by atoms with Crippen molar-refractivity contribution in [3.63, 3.8) is 0 Å². The average Bonchev–Trinajstić information content (AvgIpc) is 2.33. The summed E-state index contributed by atoms with van der Waals surface area (Å²) in [6, 6.07) is -0.648. The molecule has 1 unspecified atom stereocenters. The molecule has 6 heteroatoms. The van der Waals surface area contributed by atoms with Gasteiger partial charge in [-0.1, -0.05) is 6.92 Å². The third-order valence-electron chi connectivity index (χ3n) is 4.04. The van der Waals surface area contributed by atoms with Crippen molar-refractivity contribution in [1.29, 1.82) is 0 Å². The molecule has 18 heavy (non-hydrogen) atoms. The Hall–Kier alpha value is -1.14. The van der Waals surface area contributed by atoms with Crippen molar-refractivity contribution in [2.24, 2.45) is 22.8 Å². The van der Waals surface area contributed by atoms with Crippen molar-refractivity contribution in [1.82, 2.24) is 4.90 Å². The molecule has 2 fully saturated rings. The maximum Gasteiger partial charge on any atom is 0.242 e. The molecule has 0 aromatic rings. The van der Waals surface area contributed by atoms with Crippen LogP contribution in [0.15, 0.2) is 0 Å². The van der Waals surface area contributed by atoms with Gasteiger partial charge in [-0.3, -0.25) is 9.59 Å². The van der Waals surface area contributed by atoms with Gasteiger partial charge < -0.3 is 21.1 Å². The zero-order chi connectivity index (χ0) is 13.3. The number of nitrogens with zero attached hydrogens (tertiary/aromatic N) is 1. The summed E-state index contributed by atoms with van der Waals surface area (Å²) in [4.78, 5) is 25.5. The van der Waals surface area contributed by atoms with E-state index in [-0.39, 0.29) is 12.5 Å². The molecule has 1 heterocycles. The van der Waals surface area contributed by atoms with E-state index < -0.39 is 17.4 Å². The third-order valence-corrected chi connectivity index (χ3v) is 4.04. The van der Waals surface area contributed by atoms with E-state index in [0.717, 1.165) is 12.8 Å². The molecule has 1 saturated heterocycles. The molecule has 0 radical (unpaired) electrons. The molecular weight excluding hydrogens is 234 g/mol. The van der Waals surface area contributed by atoms with E-state index in [1.165, 1.54) is 0 Å². The number of primary amides is 1. The highest BCUT2D eigenvalue weighted by Crippen LogP contribution is 2.46. The number of rotatable bonds is 3. The summed E-state index contributed by atoms with van der Waals surface area (Å²) >= 11 is 0. The van der Waals surface area contributed by atoms with Crippen LogP contribution in [0.3, 0.4) is 0 Å². The van der Waals surface area contributed by atoms with Crippen LogP contribution in [0.4, 0.5) is 0 Å². The molecule has 0 bridgehead atoms. The predicted octanol–water partition coefficient (Wildman–Crippen LogP) is -0.926. The highest BCUT2D eigenvalue weighted by atomic mass is 16.5. The van der Waals surface area contributed by atoms with Gasteiger partial charge >= 0.3 is 0 Å². The topological polar surface area (TPSA) is 98.7 Å². The monoisotopic (exact) mass is 255 g/mol. The minimum absolute atomic E-state index is 0.0322. The normalized spacial score (nSPS) is 36.0. The Bertz CT molecular complexity index is 352. The maximum atomic E-state index is 12.6. The molecule has 1 saturated carbocycles. The Balaban J connectivity index is 2.13. The van der Waals surface area contributed by atoms with Gasteiger partial charge in [0.15, 0.2) is 0 Å². The molecular formula is C12H21N3O3. The quantitative estimate of drug-likeness (QED) is 0.681. The van der Waals surface area contributed by atoms with E-state index in [4.69, 9.17) is 16.2 Å². The maximum absolute atomic E-state index is 12.6. The van der Waals surface area contributed by atoms with Gasteiger partial charge in [-0.2, -0.15) is 0 Å². The summed E-state index contributed by atoms with van der Waals surface area (Å²) in [6.07, 6.45) is 1.59. The molecule has 2 rings (SSSR count). The van der Waals surface area contributed by atoms with Gasteiger partial charge in [-0.25, -0.2) is 0 Å². The average molecular weight is 255 g/mol. The first kappa shape index (κ1) is 13.3. The van der Waals surface area contributed by atoms with Gasteiger partial charge in [-0.05, 0) is 18.8 Å². The lowest BCUT2D eigenvalue weighted by atomic mass is 9.61. The summed E-state index contributed by atoms with van der Waals surface area (Å²) in [5.74, 6) is -0.0247. The fourth-order valence-electron chi connectivity index (χ4n) is 3.09. The number of nitrogens with two attached hydrogens (primary N) is 2. The molecule has 1 aliphatic heterocycles. The first-order valence-corrected chi connectivity index (χ1v) is 6.38. The fraction of sp³-hybridized carbons (Fsp3) is 0.833. The lowest BCUT2D eigenvalue weighted by Crippen LogP contribution is -2.62. The van der Waals surface area contributed by atoms with Crippen LogP contribution in [0.1, 0.15) is 19.8 Å². The van der Waals surface area contributed by atoms with Gasteiger partial charge in [0, 0.05) is 13.1 Å². The van der Waals surface area contributed by atoms with Crippen LogP contribution in [0.2, 0.25) is 0 Å². The first-order valence-electron chi connectivity index (χ1n) is 6.38. The van der Waals surface area contributed by atoms with Crippen LogP contribution in [0.5, 0.6) is 0 Å². The second-order valence-corrected chi connectivity index (χ2v) is 5.49. The molecule has 6 nitrogen and oxygen atoms in total. The van der Waals surface area contributed by atoms with Crippen LogP contribution in [0, 0.1) is 11.3 Å². The molecule has 0 spiro atoms. The molecule has 1 atom stereocenters. The second kappa shape index (κ2) is 4.85. The zero-order valence-corrected chi connectivity index (χ0v) is 10.7. The number of hydrogen-bond acceptors (Lipinski definition) is 4. The van der Waals surface area contributed by atoms with Crippen molar-refractivity contribution in [2.45, 2.75) is 25.8 Å². The van der Waals surface area contributed by atoms with E-state index in [1.807, 2.05) is 0 Å². The minimum Gasteiger partial charge on any atom is -0.377 e. The van der Waals surface area contributed by atoms with Crippen molar-refractivity contribution in [2.75, 3.05) is 26.3 Å². The number of morpholine rings is 1. The third kappa shape index (κ3) is 2.10. The number of carbonyl (C=O) groups is 2. The first-order chi connectivity index (χ1) is 8.50. The molecule has 0 aromatic heterocycles. The van der Waals surface area contributed by atoms with Crippen LogP contribution in [0.25, 0.3) is 0 Å². The number of carbonyl (C=O) groups excluding carboxylic acids is 2. The molecule has 2 amide bonds. The van der Waals surface area contributed by atoms with Crippen molar-refractivity contribution < 1.29 is 14.3 Å². The smallest absolute Gasteiger partial charge is 0.242 e. The van der Waals surface area contributed by atoms with Gasteiger partial charge in [0.05, 0.1) is 18.6 Å². The number of hydrogen-bond donors (Lipinski definition) is 2. The van der Waals surface area contributed by atoms with E-state index in [9.17, 15) is 9.59 Å². The zero-order valence-electron chi connectivity index (χ0n) is 10.7. The second-order valence-electron chi connectivity index (χ2n) is 5.49. The summed E-state index contributed by atoms with van der Waals surface area (Å²) < 4.78 is 5.22. The van der Waals surface area contributed by atoms with E-state index in [1.54, 1.807) is 4.90 Å². The Kier molecular flexibility index (Phi) is 3.59. The fourth-order valence-corrected chi connectivity index (χ4v) is 3.09. The highest BCUT2D eigenvalue weighted by Gasteiger charge is 2.50. The summed E-state index contributed by atoms with van der Waals surface area (Å²) in [5, 5.41) is 0. The van der Waals surface area contributed by atoms with Gasteiger partial charge in [0.25, 0.3) is 0 Å². The van der Waals surface area contributed by atoms with Gasteiger partial charge in [0.2, 0.25) is 11.8 Å². The minimum atomic E-state index is -0.648. The van der Waals surface area contributed by atoms with Crippen LogP contribution >= 0.6 is 0 Å². The number of amides is 2.